The highest BCUT2D eigenvalue weighted by Crippen LogP contribution is 2.05. The van der Waals surface area contributed by atoms with Crippen molar-refractivity contribution in [2.75, 3.05) is 26.8 Å². The average Bonchev–Trinajstić information content (AvgIpc) is 2.18. The van der Waals surface area contributed by atoms with Crippen LogP contribution in [0.1, 0.15) is 6.42 Å². The molecule has 13 heavy (non-hydrogen) atoms. The van der Waals surface area contributed by atoms with Gasteiger partial charge < -0.3 is 14.4 Å². The van der Waals surface area contributed by atoms with Crippen molar-refractivity contribution in [1.29, 1.82) is 0 Å². The average molecular weight is 185 g/mol. The van der Waals surface area contributed by atoms with Gasteiger partial charge in [0.15, 0.2) is 6.29 Å². The molecule has 0 radical (unpaired) electrons. The van der Waals surface area contributed by atoms with Gasteiger partial charge >= 0.3 is 0 Å². The molecule has 1 aliphatic rings. The van der Waals surface area contributed by atoms with Crippen LogP contribution < -0.4 is 0 Å². The van der Waals surface area contributed by atoms with Crippen LogP contribution in [0, 0.1) is 0 Å². The number of carbonyl (C=O) groups is 1. The van der Waals surface area contributed by atoms with Gasteiger partial charge in [-0.15, -0.1) is 0 Å². The SMILES string of the molecule is C=CC(=O)N(C)CC1OCCCO1. The third kappa shape index (κ3) is 3.16. The maximum absolute atomic E-state index is 11.1. The van der Waals surface area contributed by atoms with Crippen LogP contribution >= 0.6 is 0 Å². The first-order valence-corrected chi connectivity index (χ1v) is 4.35. The second-order valence-corrected chi connectivity index (χ2v) is 2.95. The lowest BCUT2D eigenvalue weighted by Gasteiger charge is -2.26. The molecule has 1 saturated heterocycles. The van der Waals surface area contributed by atoms with E-state index in [0.29, 0.717) is 19.8 Å². The van der Waals surface area contributed by atoms with Crippen molar-refractivity contribution in [3.8, 4) is 0 Å². The smallest absolute Gasteiger partial charge is 0.245 e. The van der Waals surface area contributed by atoms with Crippen LogP contribution in [-0.2, 0) is 14.3 Å². The predicted molar refractivity (Wildman–Crippen MR) is 48.1 cm³/mol. The van der Waals surface area contributed by atoms with Crippen molar-refractivity contribution in [3.63, 3.8) is 0 Å². The molecule has 0 aromatic carbocycles. The number of likely N-dealkylation sites (N-methyl/N-ethyl adjacent to an activating group) is 1. The van der Waals surface area contributed by atoms with E-state index in [-0.39, 0.29) is 12.2 Å². The topological polar surface area (TPSA) is 38.8 Å². The highest BCUT2D eigenvalue weighted by molar-refractivity contribution is 5.86. The van der Waals surface area contributed by atoms with E-state index in [2.05, 4.69) is 6.58 Å². The molecule has 1 aliphatic heterocycles. The van der Waals surface area contributed by atoms with Crippen LogP contribution in [0.3, 0.4) is 0 Å². The maximum Gasteiger partial charge on any atom is 0.245 e. The van der Waals surface area contributed by atoms with Crippen LogP contribution in [0.25, 0.3) is 0 Å². The minimum absolute atomic E-state index is 0.113. The van der Waals surface area contributed by atoms with E-state index in [9.17, 15) is 4.79 Å². The number of rotatable bonds is 3. The number of carbonyl (C=O) groups excluding carboxylic acids is 1. The largest absolute Gasteiger partial charge is 0.351 e. The van der Waals surface area contributed by atoms with Gasteiger partial charge in [-0.1, -0.05) is 6.58 Å². The summed E-state index contributed by atoms with van der Waals surface area (Å²) in [6, 6.07) is 0. The molecule has 1 amide bonds. The maximum atomic E-state index is 11.1. The second-order valence-electron chi connectivity index (χ2n) is 2.95. The number of amides is 1. The van der Waals surface area contributed by atoms with Crippen molar-refractivity contribution < 1.29 is 14.3 Å². The van der Waals surface area contributed by atoms with Gasteiger partial charge in [-0.3, -0.25) is 4.79 Å². The summed E-state index contributed by atoms with van der Waals surface area (Å²) in [6.07, 6.45) is 1.93. The molecular weight excluding hydrogens is 170 g/mol. The predicted octanol–water partition coefficient (Wildman–Crippen LogP) is 0.394. The van der Waals surface area contributed by atoms with Gasteiger partial charge in [-0.2, -0.15) is 0 Å². The highest BCUT2D eigenvalue weighted by Gasteiger charge is 2.17. The molecule has 74 valence electrons. The van der Waals surface area contributed by atoms with Gasteiger partial charge in [0, 0.05) is 7.05 Å². The van der Waals surface area contributed by atoms with Crippen LogP contribution in [0.15, 0.2) is 12.7 Å². The molecule has 0 saturated carbocycles. The van der Waals surface area contributed by atoms with Crippen LogP contribution in [0.2, 0.25) is 0 Å². The van der Waals surface area contributed by atoms with E-state index >= 15 is 0 Å². The molecule has 0 aromatic heterocycles. The fraction of sp³-hybridized carbons (Fsp3) is 0.667. The van der Waals surface area contributed by atoms with E-state index in [1.165, 1.54) is 11.0 Å². The zero-order chi connectivity index (χ0) is 9.68. The van der Waals surface area contributed by atoms with Crippen molar-refractivity contribution in [2.45, 2.75) is 12.7 Å². The third-order valence-corrected chi connectivity index (χ3v) is 1.87. The second kappa shape index (κ2) is 4.99. The Morgan fingerprint density at radius 3 is 2.77 bits per heavy atom. The quantitative estimate of drug-likeness (QED) is 0.597. The van der Waals surface area contributed by atoms with E-state index in [1.54, 1.807) is 7.05 Å². The summed E-state index contributed by atoms with van der Waals surface area (Å²) in [5, 5.41) is 0. The third-order valence-electron chi connectivity index (χ3n) is 1.87. The Labute approximate surface area is 78.1 Å². The summed E-state index contributed by atoms with van der Waals surface area (Å²) >= 11 is 0. The molecule has 0 aromatic rings. The lowest BCUT2D eigenvalue weighted by atomic mass is 10.4. The van der Waals surface area contributed by atoms with Gasteiger partial charge in [0.05, 0.1) is 19.8 Å². The van der Waals surface area contributed by atoms with E-state index < -0.39 is 0 Å². The first kappa shape index (κ1) is 10.2. The molecule has 0 aliphatic carbocycles. The molecule has 4 nitrogen and oxygen atoms in total. The van der Waals surface area contributed by atoms with E-state index in [4.69, 9.17) is 9.47 Å². The number of hydrogen-bond acceptors (Lipinski definition) is 3. The molecule has 0 N–H and O–H groups in total. The van der Waals surface area contributed by atoms with Gasteiger partial charge in [0.1, 0.15) is 0 Å². The van der Waals surface area contributed by atoms with Crippen LogP contribution in [0.5, 0.6) is 0 Å². The fourth-order valence-corrected chi connectivity index (χ4v) is 1.11. The molecule has 0 atom stereocenters. The normalized spacial score (nSPS) is 18.2. The zero-order valence-corrected chi connectivity index (χ0v) is 7.86. The Hall–Kier alpha value is -0.870. The molecular formula is C9H15NO3. The van der Waals surface area contributed by atoms with E-state index in [0.717, 1.165) is 6.42 Å². The summed E-state index contributed by atoms with van der Waals surface area (Å²) in [4.78, 5) is 12.6. The van der Waals surface area contributed by atoms with Crippen LogP contribution in [0.4, 0.5) is 0 Å². The first-order chi connectivity index (χ1) is 6.24. The Balaban J connectivity index is 2.29. The van der Waals surface area contributed by atoms with Crippen molar-refractivity contribution in [2.24, 2.45) is 0 Å². The minimum Gasteiger partial charge on any atom is -0.351 e. The summed E-state index contributed by atoms with van der Waals surface area (Å²) in [7, 11) is 1.70. The van der Waals surface area contributed by atoms with Crippen molar-refractivity contribution in [1.82, 2.24) is 4.90 Å². The molecule has 0 spiro atoms. The van der Waals surface area contributed by atoms with Gasteiger partial charge in [-0.05, 0) is 12.5 Å². The Morgan fingerprint density at radius 2 is 2.23 bits per heavy atom. The Bertz CT molecular complexity index is 187. The zero-order valence-electron chi connectivity index (χ0n) is 7.86. The highest BCUT2D eigenvalue weighted by atomic mass is 16.7. The summed E-state index contributed by atoms with van der Waals surface area (Å²) in [5.74, 6) is -0.113. The van der Waals surface area contributed by atoms with Gasteiger partial charge in [-0.25, -0.2) is 0 Å². The van der Waals surface area contributed by atoms with Crippen molar-refractivity contribution >= 4 is 5.91 Å². The summed E-state index contributed by atoms with van der Waals surface area (Å²) in [6.45, 7) is 5.28. The molecule has 1 rings (SSSR count). The number of nitrogens with zero attached hydrogens (tertiary/aromatic N) is 1. The fourth-order valence-electron chi connectivity index (χ4n) is 1.11. The van der Waals surface area contributed by atoms with Crippen LogP contribution in [-0.4, -0.2) is 43.9 Å². The number of hydrogen-bond donors (Lipinski definition) is 0. The minimum atomic E-state index is -0.275. The lowest BCUT2D eigenvalue weighted by Crippen LogP contribution is -2.38. The molecule has 4 heteroatoms. The molecule has 0 bridgehead atoms. The van der Waals surface area contributed by atoms with Gasteiger partial charge in [0.25, 0.3) is 0 Å². The molecule has 1 fully saturated rings. The standard InChI is InChI=1S/C9H15NO3/c1-3-8(11)10(2)7-9-12-5-4-6-13-9/h3,9H,1,4-7H2,2H3. The first-order valence-electron chi connectivity index (χ1n) is 4.35. The lowest BCUT2D eigenvalue weighted by molar-refractivity contribution is -0.186. The Morgan fingerprint density at radius 1 is 1.62 bits per heavy atom. The number of ether oxygens (including phenoxy) is 2. The van der Waals surface area contributed by atoms with Gasteiger partial charge in [0.2, 0.25) is 5.91 Å². The van der Waals surface area contributed by atoms with E-state index in [1.807, 2.05) is 0 Å². The summed E-state index contributed by atoms with van der Waals surface area (Å²) in [5.41, 5.74) is 0. The molecule has 1 heterocycles. The molecule has 0 unspecified atom stereocenters. The van der Waals surface area contributed by atoms with Crippen molar-refractivity contribution in [3.05, 3.63) is 12.7 Å². The Kier molecular flexibility index (Phi) is 3.92. The monoisotopic (exact) mass is 185 g/mol. The summed E-state index contributed by atoms with van der Waals surface area (Å²) < 4.78 is 10.6.